The Morgan fingerprint density at radius 3 is 2.89 bits per heavy atom. The lowest BCUT2D eigenvalue weighted by atomic mass is 10.2. The summed E-state index contributed by atoms with van der Waals surface area (Å²) in [4.78, 5) is 14.3. The summed E-state index contributed by atoms with van der Waals surface area (Å²) in [6.45, 7) is 2.55. The third-order valence-corrected chi connectivity index (χ3v) is 6.47. The molecular weight excluding hydrogens is 282 g/mol. The number of nitrogens with zero attached hydrogens (tertiary/aromatic N) is 1. The molecule has 1 aliphatic heterocycles. The van der Waals surface area contributed by atoms with E-state index in [2.05, 4.69) is 0 Å². The molecule has 1 atom stereocenters. The Morgan fingerprint density at radius 1 is 1.47 bits per heavy atom. The van der Waals surface area contributed by atoms with E-state index in [0.29, 0.717) is 13.0 Å². The van der Waals surface area contributed by atoms with Crippen molar-refractivity contribution >= 4 is 27.1 Å². The molecule has 1 fully saturated rings. The van der Waals surface area contributed by atoms with Gasteiger partial charge in [0.2, 0.25) is 5.91 Å². The second kappa shape index (κ2) is 5.88. The summed E-state index contributed by atoms with van der Waals surface area (Å²) in [5.41, 5.74) is 0. The van der Waals surface area contributed by atoms with E-state index in [0.717, 1.165) is 4.88 Å². The first-order valence-electron chi connectivity index (χ1n) is 6.21. The average Bonchev–Trinajstić information content (AvgIpc) is 2.81. The van der Waals surface area contributed by atoms with Crippen LogP contribution in [0.5, 0.6) is 0 Å². The lowest BCUT2D eigenvalue weighted by Crippen LogP contribution is -2.32. The number of carbonyl (C=O) groups is 1. The van der Waals surface area contributed by atoms with E-state index < -0.39 is 15.1 Å². The van der Waals surface area contributed by atoms with Gasteiger partial charge >= 0.3 is 0 Å². The van der Waals surface area contributed by atoms with E-state index in [1.807, 2.05) is 17.5 Å². The van der Waals surface area contributed by atoms with Gasteiger partial charge in [-0.25, -0.2) is 8.42 Å². The summed E-state index contributed by atoms with van der Waals surface area (Å²) in [5.74, 6) is -0.0664. The monoisotopic (exact) mass is 299 g/mol. The van der Waals surface area contributed by atoms with Crippen LogP contribution in [0.25, 0.3) is 0 Å². The van der Waals surface area contributed by atoms with Crippen molar-refractivity contribution in [2.45, 2.75) is 18.6 Å². The van der Waals surface area contributed by atoms with Crippen molar-refractivity contribution < 1.29 is 13.2 Å². The zero-order valence-electron chi connectivity index (χ0n) is 10.8. The molecule has 19 heavy (non-hydrogen) atoms. The Morgan fingerprint density at radius 2 is 2.26 bits per heavy atom. The first-order valence-corrected chi connectivity index (χ1v) is 8.80. The summed E-state index contributed by atoms with van der Waals surface area (Å²) in [5, 5.41) is 1.43. The minimum atomic E-state index is -3.17. The molecule has 104 valence electrons. The summed E-state index contributed by atoms with van der Waals surface area (Å²) < 4.78 is 24.6. The molecule has 6 heteroatoms. The number of rotatable bonds is 2. The van der Waals surface area contributed by atoms with Gasteiger partial charge in [0, 0.05) is 18.0 Å². The number of sulfone groups is 1. The van der Waals surface area contributed by atoms with Crippen molar-refractivity contribution in [3.8, 4) is 0 Å². The Balaban J connectivity index is 2.19. The van der Waals surface area contributed by atoms with Crippen LogP contribution in [-0.4, -0.2) is 38.1 Å². The molecule has 1 aromatic heterocycles. The van der Waals surface area contributed by atoms with Crippen molar-refractivity contribution in [2.24, 2.45) is 0 Å². The maximum atomic E-state index is 12.3. The molecule has 0 spiro atoms. The van der Waals surface area contributed by atoms with Crippen LogP contribution in [0.2, 0.25) is 0 Å². The first kappa shape index (κ1) is 14.3. The van der Waals surface area contributed by atoms with Crippen LogP contribution in [0, 0.1) is 0 Å². The molecule has 2 heterocycles. The highest BCUT2D eigenvalue weighted by atomic mass is 32.2. The number of amides is 1. The average molecular weight is 299 g/mol. The summed E-state index contributed by atoms with van der Waals surface area (Å²) in [6.07, 6.45) is 3.64. The first-order chi connectivity index (χ1) is 9.04. The number of allylic oxidation sites excluding steroid dienone is 1. The largest absolute Gasteiger partial charge is 0.338 e. The van der Waals surface area contributed by atoms with Crippen molar-refractivity contribution in [2.75, 3.05) is 18.8 Å². The van der Waals surface area contributed by atoms with Gasteiger partial charge in [0.1, 0.15) is 0 Å². The van der Waals surface area contributed by atoms with Crippen LogP contribution in [0.15, 0.2) is 29.7 Å². The molecule has 0 bridgehead atoms. The van der Waals surface area contributed by atoms with E-state index in [9.17, 15) is 13.2 Å². The van der Waals surface area contributed by atoms with E-state index in [1.165, 1.54) is 17.4 Å². The number of hydrogen-bond acceptors (Lipinski definition) is 4. The quantitative estimate of drug-likeness (QED) is 0.785. The van der Waals surface area contributed by atoms with Crippen LogP contribution < -0.4 is 0 Å². The second-order valence-electron chi connectivity index (χ2n) is 4.49. The highest BCUT2D eigenvalue weighted by Crippen LogP contribution is 2.32. The number of hydrogen-bond donors (Lipinski definition) is 0. The lowest BCUT2D eigenvalue weighted by Gasteiger charge is -2.17. The number of thiophene rings is 1. The van der Waals surface area contributed by atoms with Crippen molar-refractivity contribution in [3.05, 3.63) is 34.5 Å². The van der Waals surface area contributed by atoms with Gasteiger partial charge < -0.3 is 4.90 Å². The molecular formula is C13H17NO3S2. The van der Waals surface area contributed by atoms with Crippen LogP contribution in [-0.2, 0) is 14.6 Å². The van der Waals surface area contributed by atoms with Gasteiger partial charge in [0.05, 0.1) is 11.0 Å². The van der Waals surface area contributed by atoms with Crippen molar-refractivity contribution in [3.63, 3.8) is 0 Å². The van der Waals surface area contributed by atoms with E-state index >= 15 is 0 Å². The zero-order valence-corrected chi connectivity index (χ0v) is 12.4. The fourth-order valence-electron chi connectivity index (χ4n) is 2.21. The van der Waals surface area contributed by atoms with Gasteiger partial charge in [-0.05, 0) is 30.9 Å². The third-order valence-electron chi connectivity index (χ3n) is 3.22. The summed E-state index contributed by atoms with van der Waals surface area (Å²) >= 11 is 1.46. The molecule has 0 aromatic carbocycles. The van der Waals surface area contributed by atoms with Gasteiger partial charge in [-0.15, -0.1) is 11.3 Å². The van der Waals surface area contributed by atoms with Crippen LogP contribution >= 0.6 is 11.3 Å². The van der Waals surface area contributed by atoms with Gasteiger partial charge in [0.15, 0.2) is 9.84 Å². The normalized spacial score (nSPS) is 23.4. The van der Waals surface area contributed by atoms with Crippen LogP contribution in [0.3, 0.4) is 0 Å². The second-order valence-corrected chi connectivity index (χ2v) is 7.77. The third kappa shape index (κ3) is 3.25. The van der Waals surface area contributed by atoms with E-state index in [-0.39, 0.29) is 18.2 Å². The van der Waals surface area contributed by atoms with Crippen molar-refractivity contribution in [1.29, 1.82) is 0 Å². The number of carbonyl (C=O) groups excluding carboxylic acids is 1. The maximum absolute atomic E-state index is 12.3. The van der Waals surface area contributed by atoms with Crippen LogP contribution in [0.4, 0.5) is 0 Å². The van der Waals surface area contributed by atoms with Crippen LogP contribution in [0.1, 0.15) is 23.5 Å². The summed E-state index contributed by atoms with van der Waals surface area (Å²) in [7, 11) is -3.17. The fraction of sp³-hybridized carbons (Fsp3) is 0.462. The topological polar surface area (TPSA) is 54.5 Å². The molecule has 1 aliphatic rings. The Labute approximate surface area is 117 Å². The van der Waals surface area contributed by atoms with Gasteiger partial charge in [-0.3, -0.25) is 4.79 Å². The highest BCUT2D eigenvalue weighted by molar-refractivity contribution is 7.91. The molecule has 0 saturated carbocycles. The Kier molecular flexibility index (Phi) is 4.42. The van der Waals surface area contributed by atoms with E-state index in [1.54, 1.807) is 17.9 Å². The molecule has 1 aromatic rings. The minimum Gasteiger partial charge on any atom is -0.338 e. The molecule has 0 aliphatic carbocycles. The van der Waals surface area contributed by atoms with Gasteiger partial charge in [0.25, 0.3) is 0 Å². The molecule has 0 N–H and O–H groups in total. The Bertz CT molecular complexity index is 561. The maximum Gasteiger partial charge on any atom is 0.246 e. The molecule has 1 amide bonds. The Hall–Kier alpha value is -1.14. The molecule has 0 radical (unpaired) electrons. The molecule has 1 unspecified atom stereocenters. The standard InChI is InChI=1S/C13H17NO3S2/c1-2-4-13(15)14-7-6-12(11-5-3-9-18-11)19(16,17)10-8-14/h2-5,9,12H,6-8,10H2,1H3/b4-2+. The fourth-order valence-corrected chi connectivity index (χ4v) is 5.21. The predicted molar refractivity (Wildman–Crippen MR) is 76.9 cm³/mol. The van der Waals surface area contributed by atoms with E-state index in [4.69, 9.17) is 0 Å². The minimum absolute atomic E-state index is 0.0405. The van der Waals surface area contributed by atoms with Crippen molar-refractivity contribution in [1.82, 2.24) is 4.90 Å². The smallest absolute Gasteiger partial charge is 0.246 e. The molecule has 2 rings (SSSR count). The summed E-state index contributed by atoms with van der Waals surface area (Å²) in [6, 6.07) is 3.72. The predicted octanol–water partition coefficient (Wildman–Crippen LogP) is 2.01. The SMILES string of the molecule is C/C=C/C(=O)N1CCC(c2cccs2)S(=O)(=O)CC1. The van der Waals surface area contributed by atoms with Gasteiger partial charge in [-0.2, -0.15) is 0 Å². The molecule has 1 saturated heterocycles. The highest BCUT2D eigenvalue weighted by Gasteiger charge is 2.32. The zero-order chi connectivity index (χ0) is 13.9. The lowest BCUT2D eigenvalue weighted by molar-refractivity contribution is -0.125. The molecule has 4 nitrogen and oxygen atoms in total. The van der Waals surface area contributed by atoms with Gasteiger partial charge in [-0.1, -0.05) is 12.1 Å².